The standard InChI is InChI=1S/C21H34O6Si/c1-13(2)21(3,4)28(5,6)27-20-17(23)16(22)18-15(25-20)12-24-19(26-18)14-10-8-7-9-11-14/h7-11,13,15-20,22-23H,12H2,1-6H3/t15-,16-,17-,18+,19+,20+/m1/s1. The summed E-state index contributed by atoms with van der Waals surface area (Å²) in [7, 11) is -2.25. The summed E-state index contributed by atoms with van der Waals surface area (Å²) in [6.07, 6.45) is -4.92. The van der Waals surface area contributed by atoms with Crippen molar-refractivity contribution in [1.82, 2.24) is 0 Å². The number of benzene rings is 1. The van der Waals surface area contributed by atoms with E-state index in [2.05, 4.69) is 40.8 Å². The number of ether oxygens (including phenoxy) is 3. The predicted octanol–water partition coefficient (Wildman–Crippen LogP) is 3.21. The number of fused-ring (bicyclic) bond motifs is 1. The normalized spacial score (nSPS) is 34.3. The first-order chi connectivity index (χ1) is 13.0. The van der Waals surface area contributed by atoms with Gasteiger partial charge in [0, 0.05) is 5.56 Å². The Balaban J connectivity index is 1.71. The zero-order valence-corrected chi connectivity index (χ0v) is 18.7. The van der Waals surface area contributed by atoms with Crippen LogP contribution in [0.2, 0.25) is 18.1 Å². The zero-order valence-electron chi connectivity index (χ0n) is 17.7. The van der Waals surface area contributed by atoms with Gasteiger partial charge in [0.1, 0.15) is 24.4 Å². The highest BCUT2D eigenvalue weighted by atomic mass is 28.4. The molecule has 2 aliphatic rings. The van der Waals surface area contributed by atoms with Crippen molar-refractivity contribution in [2.24, 2.45) is 5.92 Å². The summed E-state index contributed by atoms with van der Waals surface area (Å²) in [5.74, 6) is 0.417. The molecule has 0 unspecified atom stereocenters. The molecule has 6 nitrogen and oxygen atoms in total. The summed E-state index contributed by atoms with van der Waals surface area (Å²) in [6.45, 7) is 13.2. The summed E-state index contributed by atoms with van der Waals surface area (Å²) in [5, 5.41) is 21.4. The molecule has 0 aliphatic carbocycles. The number of hydrogen-bond acceptors (Lipinski definition) is 6. The minimum absolute atomic E-state index is 0.0319. The lowest BCUT2D eigenvalue weighted by Crippen LogP contribution is -2.64. The van der Waals surface area contributed by atoms with Gasteiger partial charge in [-0.05, 0) is 24.1 Å². The van der Waals surface area contributed by atoms with Crippen LogP contribution < -0.4 is 0 Å². The molecule has 1 aromatic rings. The molecular weight excluding hydrogens is 376 g/mol. The largest absolute Gasteiger partial charge is 0.390 e. The Kier molecular flexibility index (Phi) is 6.37. The highest BCUT2D eigenvalue weighted by Crippen LogP contribution is 2.46. The minimum atomic E-state index is -2.25. The minimum Gasteiger partial charge on any atom is -0.390 e. The first kappa shape index (κ1) is 21.9. The third-order valence-corrected chi connectivity index (χ3v) is 11.3. The average molecular weight is 411 g/mol. The Morgan fingerprint density at radius 2 is 1.71 bits per heavy atom. The van der Waals surface area contributed by atoms with Crippen molar-refractivity contribution in [2.75, 3.05) is 6.61 Å². The first-order valence-electron chi connectivity index (χ1n) is 10.1. The smallest absolute Gasteiger partial charge is 0.196 e. The molecule has 0 bridgehead atoms. The van der Waals surface area contributed by atoms with Gasteiger partial charge in [-0.2, -0.15) is 0 Å². The second-order valence-corrected chi connectivity index (χ2v) is 13.8. The van der Waals surface area contributed by atoms with E-state index in [1.54, 1.807) is 0 Å². The molecule has 0 aromatic heterocycles. The molecule has 0 spiro atoms. The van der Waals surface area contributed by atoms with Crippen molar-refractivity contribution in [3.05, 3.63) is 35.9 Å². The molecule has 2 heterocycles. The third kappa shape index (κ3) is 4.07. The van der Waals surface area contributed by atoms with E-state index in [1.165, 1.54) is 0 Å². The molecule has 0 radical (unpaired) electrons. The van der Waals surface area contributed by atoms with Crippen molar-refractivity contribution in [1.29, 1.82) is 0 Å². The van der Waals surface area contributed by atoms with E-state index < -0.39 is 45.3 Å². The van der Waals surface area contributed by atoms with Crippen LogP contribution in [0.15, 0.2) is 30.3 Å². The second kappa shape index (κ2) is 8.14. The van der Waals surface area contributed by atoms with Crippen LogP contribution in [0.5, 0.6) is 0 Å². The Bertz CT molecular complexity index is 648. The predicted molar refractivity (Wildman–Crippen MR) is 108 cm³/mol. The molecule has 0 amide bonds. The van der Waals surface area contributed by atoms with Gasteiger partial charge in [-0.1, -0.05) is 58.0 Å². The number of aliphatic hydroxyl groups is 2. The Labute approximate surface area is 168 Å². The fourth-order valence-electron chi connectivity index (χ4n) is 3.59. The fraction of sp³-hybridized carbons (Fsp3) is 0.714. The van der Waals surface area contributed by atoms with Crippen molar-refractivity contribution in [3.8, 4) is 0 Å². The van der Waals surface area contributed by atoms with Gasteiger partial charge in [0.15, 0.2) is 20.9 Å². The molecule has 28 heavy (non-hydrogen) atoms. The van der Waals surface area contributed by atoms with Crippen LogP contribution in [-0.2, 0) is 18.6 Å². The van der Waals surface area contributed by atoms with Gasteiger partial charge in [0.2, 0.25) is 0 Å². The summed E-state index contributed by atoms with van der Waals surface area (Å²) >= 11 is 0. The van der Waals surface area contributed by atoms with Crippen molar-refractivity contribution >= 4 is 8.32 Å². The molecule has 2 saturated heterocycles. The lowest BCUT2D eigenvalue weighted by molar-refractivity contribution is -0.351. The van der Waals surface area contributed by atoms with Crippen molar-refractivity contribution < 1.29 is 28.8 Å². The van der Waals surface area contributed by atoms with Crippen molar-refractivity contribution in [3.63, 3.8) is 0 Å². The monoisotopic (exact) mass is 410 g/mol. The van der Waals surface area contributed by atoms with E-state index in [0.29, 0.717) is 5.92 Å². The van der Waals surface area contributed by atoms with Gasteiger partial charge in [-0.25, -0.2) is 0 Å². The highest BCUT2D eigenvalue weighted by molar-refractivity contribution is 6.74. The van der Waals surface area contributed by atoms with Crippen LogP contribution >= 0.6 is 0 Å². The van der Waals surface area contributed by atoms with Gasteiger partial charge in [-0.3, -0.25) is 0 Å². The second-order valence-electron chi connectivity index (χ2n) is 9.21. The third-order valence-electron chi connectivity index (χ3n) is 6.81. The van der Waals surface area contributed by atoms with Crippen LogP contribution in [0.1, 0.15) is 39.5 Å². The van der Waals surface area contributed by atoms with E-state index in [-0.39, 0.29) is 11.6 Å². The molecule has 2 fully saturated rings. The average Bonchev–Trinajstić information content (AvgIpc) is 2.66. The number of rotatable bonds is 5. The quantitative estimate of drug-likeness (QED) is 0.726. The maximum atomic E-state index is 10.7. The lowest BCUT2D eigenvalue weighted by atomic mass is 9.98. The Morgan fingerprint density at radius 3 is 2.32 bits per heavy atom. The van der Waals surface area contributed by atoms with Crippen LogP contribution in [-0.4, -0.2) is 55.8 Å². The maximum Gasteiger partial charge on any atom is 0.196 e. The number of hydrogen-bond donors (Lipinski definition) is 2. The van der Waals surface area contributed by atoms with Crippen LogP contribution in [0.4, 0.5) is 0 Å². The molecular formula is C21H34O6Si. The molecule has 7 heteroatoms. The van der Waals surface area contributed by atoms with E-state index >= 15 is 0 Å². The van der Waals surface area contributed by atoms with Gasteiger partial charge >= 0.3 is 0 Å². The molecule has 2 N–H and O–H groups in total. The fourth-order valence-corrected chi connectivity index (χ4v) is 6.06. The van der Waals surface area contributed by atoms with Crippen LogP contribution in [0, 0.1) is 5.92 Å². The Hall–Kier alpha value is -0.803. The molecule has 2 aliphatic heterocycles. The van der Waals surface area contributed by atoms with E-state index in [9.17, 15) is 10.2 Å². The van der Waals surface area contributed by atoms with Gasteiger partial charge in [-0.15, -0.1) is 0 Å². The highest BCUT2D eigenvalue weighted by Gasteiger charge is 2.53. The van der Waals surface area contributed by atoms with E-state index in [0.717, 1.165) is 5.56 Å². The van der Waals surface area contributed by atoms with Crippen LogP contribution in [0.3, 0.4) is 0 Å². The van der Waals surface area contributed by atoms with Gasteiger partial charge < -0.3 is 28.8 Å². The number of aliphatic hydroxyl groups excluding tert-OH is 2. The molecule has 1 aromatic carbocycles. The van der Waals surface area contributed by atoms with E-state index in [1.807, 2.05) is 30.3 Å². The SMILES string of the molecule is CC(C)C(C)(C)[Si](C)(C)O[C@@H]1O[C@@H]2CO[C@H](c3ccccc3)O[C@@H]2[C@H](O)[C@H]1O. The van der Waals surface area contributed by atoms with Gasteiger partial charge in [0.05, 0.1) is 6.61 Å². The molecule has 3 rings (SSSR count). The maximum absolute atomic E-state index is 10.7. The summed E-state index contributed by atoms with van der Waals surface area (Å²) < 4.78 is 24.1. The first-order valence-corrected chi connectivity index (χ1v) is 13.0. The molecule has 158 valence electrons. The van der Waals surface area contributed by atoms with Crippen molar-refractivity contribution in [2.45, 2.75) is 82.8 Å². The van der Waals surface area contributed by atoms with Crippen LogP contribution in [0.25, 0.3) is 0 Å². The summed E-state index contributed by atoms with van der Waals surface area (Å²) in [6, 6.07) is 9.55. The summed E-state index contributed by atoms with van der Waals surface area (Å²) in [4.78, 5) is 0. The Morgan fingerprint density at radius 1 is 1.07 bits per heavy atom. The lowest BCUT2D eigenvalue weighted by Gasteiger charge is -2.50. The van der Waals surface area contributed by atoms with Gasteiger partial charge in [0.25, 0.3) is 0 Å². The topological polar surface area (TPSA) is 77.4 Å². The molecule has 6 atom stereocenters. The molecule has 0 saturated carbocycles. The van der Waals surface area contributed by atoms with E-state index in [4.69, 9.17) is 18.6 Å². The summed E-state index contributed by atoms with van der Waals surface area (Å²) in [5.41, 5.74) is 0.869. The zero-order chi connectivity index (χ0) is 20.7.